The van der Waals surface area contributed by atoms with E-state index in [9.17, 15) is 14.7 Å². The molecular weight excluding hydrogens is 260 g/mol. The Morgan fingerprint density at radius 1 is 1.45 bits per heavy atom. The molecule has 6 heteroatoms. The fraction of sp³-hybridized carbons (Fsp3) is 0.357. The summed E-state index contributed by atoms with van der Waals surface area (Å²) in [7, 11) is 1.64. The van der Waals surface area contributed by atoms with Gasteiger partial charge in [-0.2, -0.15) is 0 Å². The molecule has 0 aromatic carbocycles. The molecule has 6 nitrogen and oxygen atoms in total. The van der Waals surface area contributed by atoms with Crippen LogP contribution in [0.2, 0.25) is 0 Å². The van der Waals surface area contributed by atoms with Crippen LogP contribution in [0, 0.1) is 0 Å². The first-order chi connectivity index (χ1) is 9.40. The summed E-state index contributed by atoms with van der Waals surface area (Å²) in [5.41, 5.74) is 0.890. The van der Waals surface area contributed by atoms with Crippen molar-refractivity contribution in [2.45, 2.75) is 19.4 Å². The molecule has 1 aromatic rings. The minimum absolute atomic E-state index is 0.237. The highest BCUT2D eigenvalue weighted by atomic mass is 16.4. The molecule has 0 saturated carbocycles. The first-order valence-corrected chi connectivity index (χ1v) is 6.20. The van der Waals surface area contributed by atoms with E-state index in [0.29, 0.717) is 18.5 Å². The third-order valence-corrected chi connectivity index (χ3v) is 2.65. The molecule has 0 aliphatic heterocycles. The molecule has 1 amide bonds. The van der Waals surface area contributed by atoms with Crippen molar-refractivity contribution in [3.8, 4) is 0 Å². The van der Waals surface area contributed by atoms with Gasteiger partial charge in [-0.25, -0.2) is 4.79 Å². The summed E-state index contributed by atoms with van der Waals surface area (Å²) in [6.07, 6.45) is 3.90. The third kappa shape index (κ3) is 5.19. The molecule has 108 valence electrons. The number of hydrogen-bond acceptors (Lipinski definition) is 4. The van der Waals surface area contributed by atoms with Crippen LogP contribution in [0.5, 0.6) is 0 Å². The third-order valence-electron chi connectivity index (χ3n) is 2.65. The van der Waals surface area contributed by atoms with Crippen LogP contribution >= 0.6 is 0 Å². The maximum atomic E-state index is 12.0. The number of carbonyl (C=O) groups excluding carboxylic acids is 1. The molecule has 2 N–H and O–H groups in total. The Morgan fingerprint density at radius 2 is 2.15 bits per heavy atom. The lowest BCUT2D eigenvalue weighted by Crippen LogP contribution is -2.30. The molecule has 1 atom stereocenters. The van der Waals surface area contributed by atoms with Gasteiger partial charge in [0.15, 0.2) is 0 Å². The summed E-state index contributed by atoms with van der Waals surface area (Å²) in [5.74, 6) is -1.28. The quantitative estimate of drug-likeness (QED) is 0.758. The van der Waals surface area contributed by atoms with Crippen molar-refractivity contribution in [3.63, 3.8) is 0 Å². The lowest BCUT2D eigenvalue weighted by molar-refractivity contribution is -0.131. The normalized spacial score (nSPS) is 12.3. The van der Waals surface area contributed by atoms with Crippen molar-refractivity contribution < 1.29 is 19.8 Å². The van der Waals surface area contributed by atoms with Gasteiger partial charge < -0.3 is 15.1 Å². The largest absolute Gasteiger partial charge is 0.478 e. The Labute approximate surface area is 117 Å². The molecule has 0 spiro atoms. The number of amides is 1. The highest BCUT2D eigenvalue weighted by molar-refractivity contribution is 5.92. The summed E-state index contributed by atoms with van der Waals surface area (Å²) in [6, 6.07) is 3.17. The Hall–Kier alpha value is -2.21. The number of aliphatic hydroxyl groups is 1. The molecule has 1 unspecified atom stereocenters. The fourth-order valence-electron chi connectivity index (χ4n) is 1.48. The summed E-state index contributed by atoms with van der Waals surface area (Å²) >= 11 is 0. The van der Waals surface area contributed by atoms with Crippen molar-refractivity contribution in [2.75, 3.05) is 13.6 Å². The number of aliphatic carboxylic acids is 1. The first kappa shape index (κ1) is 15.8. The highest BCUT2D eigenvalue weighted by Gasteiger charge is 2.13. The molecule has 0 radical (unpaired) electrons. The standard InChI is InChI=1S/C14H18N2O4/c1-10(17)7-8-16(2)14(20)12-5-3-11(9-15-12)4-6-13(18)19/h3-6,9-10,17H,7-8H2,1-2H3,(H,18,19)/b6-4+. The van der Waals surface area contributed by atoms with Gasteiger partial charge in [-0.1, -0.05) is 6.07 Å². The lowest BCUT2D eigenvalue weighted by atomic mass is 10.2. The zero-order valence-corrected chi connectivity index (χ0v) is 11.5. The second-order valence-corrected chi connectivity index (χ2v) is 4.51. The average Bonchev–Trinajstić information content (AvgIpc) is 2.42. The van der Waals surface area contributed by atoms with Crippen molar-refractivity contribution >= 4 is 18.0 Å². The van der Waals surface area contributed by atoms with Gasteiger partial charge in [-0.15, -0.1) is 0 Å². The molecule has 1 aromatic heterocycles. The predicted octanol–water partition coefficient (Wildman–Crippen LogP) is 1.02. The van der Waals surface area contributed by atoms with Crippen LogP contribution in [0.3, 0.4) is 0 Å². The summed E-state index contributed by atoms with van der Waals surface area (Å²) in [5, 5.41) is 17.7. The Morgan fingerprint density at radius 3 is 2.65 bits per heavy atom. The Bertz CT molecular complexity index is 494. The van der Waals surface area contributed by atoms with Gasteiger partial charge in [0.1, 0.15) is 5.69 Å². The number of aromatic nitrogens is 1. The Balaban J connectivity index is 2.68. The van der Waals surface area contributed by atoms with Crippen LogP contribution in [0.25, 0.3) is 6.08 Å². The van der Waals surface area contributed by atoms with E-state index >= 15 is 0 Å². The van der Waals surface area contributed by atoms with E-state index in [0.717, 1.165) is 6.08 Å². The average molecular weight is 278 g/mol. The number of aliphatic hydroxyl groups excluding tert-OH is 1. The molecule has 20 heavy (non-hydrogen) atoms. The maximum Gasteiger partial charge on any atom is 0.328 e. The smallest absolute Gasteiger partial charge is 0.328 e. The van der Waals surface area contributed by atoms with E-state index < -0.39 is 12.1 Å². The molecular formula is C14H18N2O4. The molecule has 0 fully saturated rings. The number of nitrogens with zero attached hydrogens (tertiary/aromatic N) is 2. The fourth-order valence-corrected chi connectivity index (χ4v) is 1.48. The van der Waals surface area contributed by atoms with Gasteiger partial charge in [0.05, 0.1) is 6.10 Å². The van der Waals surface area contributed by atoms with E-state index in [1.165, 1.54) is 17.2 Å². The van der Waals surface area contributed by atoms with E-state index in [2.05, 4.69) is 4.98 Å². The van der Waals surface area contributed by atoms with Crippen LogP contribution < -0.4 is 0 Å². The first-order valence-electron chi connectivity index (χ1n) is 6.20. The van der Waals surface area contributed by atoms with Crippen LogP contribution in [0.4, 0.5) is 0 Å². The van der Waals surface area contributed by atoms with E-state index in [1.54, 1.807) is 26.1 Å². The summed E-state index contributed by atoms with van der Waals surface area (Å²) in [6.45, 7) is 2.11. The molecule has 0 saturated heterocycles. The SMILES string of the molecule is CC(O)CCN(C)C(=O)c1ccc(/C=C/C(=O)O)cn1. The number of rotatable bonds is 6. The lowest BCUT2D eigenvalue weighted by Gasteiger charge is -2.17. The Kier molecular flexibility index (Phi) is 5.86. The van der Waals surface area contributed by atoms with E-state index in [1.807, 2.05) is 0 Å². The number of pyridine rings is 1. The number of carboxylic acid groups (broad SMARTS) is 1. The van der Waals surface area contributed by atoms with Gasteiger partial charge in [-0.3, -0.25) is 9.78 Å². The summed E-state index contributed by atoms with van der Waals surface area (Å²) in [4.78, 5) is 27.9. The second kappa shape index (κ2) is 7.40. The van der Waals surface area contributed by atoms with E-state index in [4.69, 9.17) is 5.11 Å². The van der Waals surface area contributed by atoms with Crippen molar-refractivity contribution in [1.29, 1.82) is 0 Å². The second-order valence-electron chi connectivity index (χ2n) is 4.51. The highest BCUT2D eigenvalue weighted by Crippen LogP contribution is 2.06. The van der Waals surface area contributed by atoms with Crippen molar-refractivity contribution in [3.05, 3.63) is 35.7 Å². The van der Waals surface area contributed by atoms with Crippen LogP contribution in [-0.2, 0) is 4.79 Å². The van der Waals surface area contributed by atoms with Crippen LogP contribution in [0.15, 0.2) is 24.4 Å². The number of carboxylic acids is 1. The predicted molar refractivity (Wildman–Crippen MR) is 74.2 cm³/mol. The minimum atomic E-state index is -1.04. The van der Waals surface area contributed by atoms with Crippen LogP contribution in [0.1, 0.15) is 29.4 Å². The molecule has 1 rings (SSSR count). The van der Waals surface area contributed by atoms with Gasteiger partial charge in [0, 0.05) is 25.9 Å². The maximum absolute atomic E-state index is 12.0. The van der Waals surface area contributed by atoms with Gasteiger partial charge in [0.2, 0.25) is 0 Å². The molecule has 1 heterocycles. The number of hydrogen-bond donors (Lipinski definition) is 2. The topological polar surface area (TPSA) is 90.7 Å². The van der Waals surface area contributed by atoms with Crippen molar-refractivity contribution in [1.82, 2.24) is 9.88 Å². The minimum Gasteiger partial charge on any atom is -0.478 e. The van der Waals surface area contributed by atoms with Gasteiger partial charge in [-0.05, 0) is 31.1 Å². The molecule has 0 aliphatic carbocycles. The molecule has 0 aliphatic rings. The monoisotopic (exact) mass is 278 g/mol. The summed E-state index contributed by atoms with van der Waals surface area (Å²) < 4.78 is 0. The zero-order chi connectivity index (χ0) is 15.1. The van der Waals surface area contributed by atoms with Gasteiger partial charge in [0.25, 0.3) is 5.91 Å². The number of carbonyl (C=O) groups is 2. The molecule has 0 bridgehead atoms. The van der Waals surface area contributed by atoms with Crippen molar-refractivity contribution in [2.24, 2.45) is 0 Å². The van der Waals surface area contributed by atoms with E-state index in [-0.39, 0.29) is 11.6 Å². The van der Waals surface area contributed by atoms with Gasteiger partial charge >= 0.3 is 5.97 Å². The van der Waals surface area contributed by atoms with Crippen LogP contribution in [-0.4, -0.2) is 51.7 Å². The zero-order valence-electron chi connectivity index (χ0n) is 11.5.